The van der Waals surface area contributed by atoms with Crippen molar-refractivity contribution in [2.24, 2.45) is 0 Å². The van der Waals surface area contributed by atoms with E-state index in [1.807, 2.05) is 97.1 Å². The summed E-state index contributed by atoms with van der Waals surface area (Å²) in [6.07, 6.45) is 0. The molecule has 0 spiro atoms. The average molecular weight is 769 g/mol. The number of rotatable bonds is 2. The molecule has 4 nitrogen and oxygen atoms in total. The number of aryl methyl sites for hydroxylation is 2. The number of hydrogen-bond donors (Lipinski definition) is 0. The van der Waals surface area contributed by atoms with Crippen LogP contribution in [0.2, 0.25) is 0 Å². The van der Waals surface area contributed by atoms with E-state index < -0.39 is 13.7 Å². The van der Waals surface area contributed by atoms with Crippen LogP contribution in [0.3, 0.4) is 0 Å². The van der Waals surface area contributed by atoms with E-state index in [2.05, 4.69) is 90.7 Å². The Hall–Kier alpha value is -7.82. The monoisotopic (exact) mass is 768 g/mol. The molecule has 6 heterocycles. The molecule has 0 bridgehead atoms. The molecule has 0 radical (unpaired) electrons. The Bertz CT molecular complexity index is 4290. The molecule has 60 heavy (non-hydrogen) atoms. The number of benzene rings is 9. The van der Waals surface area contributed by atoms with Crippen LogP contribution < -0.4 is 0 Å². The van der Waals surface area contributed by atoms with Crippen LogP contribution in [0.25, 0.3) is 131 Å². The summed E-state index contributed by atoms with van der Waals surface area (Å²) in [6, 6.07) is 57.8. The minimum Gasteiger partial charge on any atom is -0.309 e. The molecule has 0 N–H and O–H groups in total. The van der Waals surface area contributed by atoms with E-state index in [9.17, 15) is 8.22 Å². The number of nitrogens with zero attached hydrogens (tertiary/aromatic N) is 4. The van der Waals surface area contributed by atoms with Crippen molar-refractivity contribution in [1.82, 2.24) is 17.9 Å². The van der Waals surface area contributed by atoms with Gasteiger partial charge in [0.2, 0.25) is 0 Å². The van der Waals surface area contributed by atoms with Crippen LogP contribution >= 0.6 is 0 Å². The van der Waals surface area contributed by atoms with Crippen molar-refractivity contribution in [3.05, 3.63) is 181 Å². The zero-order chi connectivity index (χ0) is 44.1. The molecule has 0 unspecified atom stereocenters. The normalized spacial score (nSPS) is 14.7. The minimum atomic E-state index is -2.70. The first-order chi connectivity index (χ1) is 32.1. The molecule has 4 heteroatoms. The van der Waals surface area contributed by atoms with Gasteiger partial charge < -0.3 is 17.9 Å². The summed E-state index contributed by atoms with van der Waals surface area (Å²) in [6.45, 7) is -5.41. The molecular formula is C56H34N4. The predicted octanol–water partition coefficient (Wildman–Crippen LogP) is 14.8. The zero-order valence-corrected chi connectivity index (χ0v) is 32.0. The first-order valence-electron chi connectivity index (χ1n) is 23.5. The van der Waals surface area contributed by atoms with E-state index >= 15 is 0 Å². The highest BCUT2D eigenvalue weighted by Crippen LogP contribution is 2.53. The van der Waals surface area contributed by atoms with E-state index in [1.165, 1.54) is 0 Å². The van der Waals surface area contributed by atoms with Gasteiger partial charge in [0.1, 0.15) is 0 Å². The molecule has 6 aromatic heterocycles. The third-order valence-corrected chi connectivity index (χ3v) is 13.6. The van der Waals surface area contributed by atoms with Gasteiger partial charge in [0.15, 0.2) is 0 Å². The van der Waals surface area contributed by atoms with Gasteiger partial charge in [-0.15, -0.1) is 0 Å². The van der Waals surface area contributed by atoms with E-state index in [0.717, 1.165) is 109 Å². The van der Waals surface area contributed by atoms with Gasteiger partial charge in [-0.2, -0.15) is 0 Å². The van der Waals surface area contributed by atoms with Gasteiger partial charge in [-0.05, 0) is 85.5 Å². The van der Waals surface area contributed by atoms with E-state index in [-0.39, 0.29) is 11.1 Å². The average Bonchev–Trinajstić information content (AvgIpc) is 4.15. The van der Waals surface area contributed by atoms with Crippen molar-refractivity contribution >= 4 is 120 Å². The zero-order valence-electron chi connectivity index (χ0n) is 38.0. The summed E-state index contributed by atoms with van der Waals surface area (Å²) in [5.74, 6) is 0. The number of fused-ring (bicyclic) bond motifs is 20. The van der Waals surface area contributed by atoms with E-state index in [1.54, 1.807) is 0 Å². The molecule has 15 aromatic rings. The molecule has 15 rings (SSSR count). The Kier molecular flexibility index (Phi) is 4.64. The Morgan fingerprint density at radius 2 is 0.667 bits per heavy atom. The number of hydrogen-bond acceptors (Lipinski definition) is 0. The van der Waals surface area contributed by atoms with Crippen molar-refractivity contribution in [1.29, 1.82) is 0 Å². The van der Waals surface area contributed by atoms with Crippen LogP contribution in [0, 0.1) is 13.7 Å². The molecule has 0 atom stereocenters. The Morgan fingerprint density at radius 1 is 0.300 bits per heavy atom. The first-order valence-corrected chi connectivity index (χ1v) is 20.5. The van der Waals surface area contributed by atoms with Crippen LogP contribution in [0.5, 0.6) is 0 Å². The molecule has 9 aromatic carbocycles. The van der Waals surface area contributed by atoms with E-state index in [4.69, 9.17) is 0 Å². The molecule has 0 saturated heterocycles. The Labute approximate surface area is 351 Å². The first kappa shape index (κ1) is 26.2. The summed E-state index contributed by atoms with van der Waals surface area (Å²) in [5.41, 5.74) is 10.1. The highest BCUT2D eigenvalue weighted by Gasteiger charge is 2.31. The Morgan fingerprint density at radius 3 is 1.08 bits per heavy atom. The largest absolute Gasteiger partial charge is 0.309 e. The summed E-state index contributed by atoms with van der Waals surface area (Å²) in [7, 11) is 0. The lowest BCUT2D eigenvalue weighted by atomic mass is 9.94. The van der Waals surface area contributed by atoms with Crippen molar-refractivity contribution in [2.45, 2.75) is 13.7 Å². The fourth-order valence-corrected chi connectivity index (χ4v) is 11.5. The molecule has 0 aliphatic carbocycles. The van der Waals surface area contributed by atoms with Gasteiger partial charge in [-0.25, -0.2) is 0 Å². The van der Waals surface area contributed by atoms with Crippen LogP contribution in [0.1, 0.15) is 19.4 Å². The van der Waals surface area contributed by atoms with Gasteiger partial charge >= 0.3 is 0 Å². The highest BCUT2D eigenvalue weighted by molar-refractivity contribution is 6.41. The molecule has 0 aliphatic rings. The second-order valence-electron chi connectivity index (χ2n) is 16.4. The van der Waals surface area contributed by atoms with Gasteiger partial charge in [0.05, 0.1) is 55.2 Å². The SMILES string of the molecule is [2H]C([2H])([2H])c1c2c3c4c5ccccc5n(-c5ccccc5)c4cc4c5ccccc5n(c2c(C([2H])([2H])[2H])c2c5c6c7ccccc7n(-c7ccccc7)c6cc6c7ccccc7n(c12)c65)c43. The third-order valence-electron chi connectivity index (χ3n) is 13.6. The van der Waals surface area contributed by atoms with Crippen molar-refractivity contribution in [3.8, 4) is 11.4 Å². The second kappa shape index (κ2) is 10.6. The summed E-state index contributed by atoms with van der Waals surface area (Å²) in [4.78, 5) is 0. The van der Waals surface area contributed by atoms with Crippen LogP contribution in [0.4, 0.5) is 0 Å². The fourth-order valence-electron chi connectivity index (χ4n) is 11.5. The Balaban J connectivity index is 1.33. The molecule has 0 aliphatic heterocycles. The van der Waals surface area contributed by atoms with Crippen molar-refractivity contribution in [2.75, 3.05) is 0 Å². The third kappa shape index (κ3) is 3.43. The van der Waals surface area contributed by atoms with Gasteiger partial charge in [-0.1, -0.05) is 109 Å². The maximum Gasteiger partial charge on any atom is 0.0628 e. The number of para-hydroxylation sites is 6. The molecule has 0 saturated carbocycles. The van der Waals surface area contributed by atoms with Crippen molar-refractivity contribution < 1.29 is 8.22 Å². The fraction of sp³-hybridized carbons (Fsp3) is 0.0357. The van der Waals surface area contributed by atoms with Crippen LogP contribution in [-0.2, 0) is 0 Å². The summed E-state index contributed by atoms with van der Waals surface area (Å²) >= 11 is 0. The molecule has 278 valence electrons. The minimum absolute atomic E-state index is 0.150. The van der Waals surface area contributed by atoms with E-state index in [0.29, 0.717) is 21.8 Å². The standard InChI is InChI=1S/C56H34N4/c1-31-47-51-49-37-23-11-15-27-43(37)57(33-17-5-3-6-18-33)45(49)29-39-36-22-10-14-26-42(36)60(55(39)51)54(47)32(2)48-52-50-38-24-12-16-28-44(38)58(34-19-7-4-8-20-34)46(50)30-40-35-21-9-13-25-41(35)59(53(31)48)56(40)52/h3-30H,1-2H3/i1D3,2D3. The molecular weight excluding hydrogens is 729 g/mol. The number of aromatic nitrogens is 4. The lowest BCUT2D eigenvalue weighted by Crippen LogP contribution is -1.93. The summed E-state index contributed by atoms with van der Waals surface area (Å²) in [5, 5.41) is 9.87. The quantitative estimate of drug-likeness (QED) is 0.167. The van der Waals surface area contributed by atoms with Crippen LogP contribution in [0.15, 0.2) is 170 Å². The second-order valence-corrected chi connectivity index (χ2v) is 16.4. The smallest absolute Gasteiger partial charge is 0.0628 e. The van der Waals surface area contributed by atoms with Gasteiger partial charge in [0, 0.05) is 84.2 Å². The maximum atomic E-state index is 9.79. The molecule has 0 fully saturated rings. The highest BCUT2D eigenvalue weighted by atomic mass is 15.0. The molecule has 0 amide bonds. The predicted molar refractivity (Wildman–Crippen MR) is 254 cm³/mol. The van der Waals surface area contributed by atoms with Gasteiger partial charge in [0.25, 0.3) is 0 Å². The van der Waals surface area contributed by atoms with Crippen molar-refractivity contribution in [3.63, 3.8) is 0 Å². The topological polar surface area (TPSA) is 18.7 Å². The van der Waals surface area contributed by atoms with Gasteiger partial charge in [-0.3, -0.25) is 0 Å². The van der Waals surface area contributed by atoms with Crippen LogP contribution in [-0.4, -0.2) is 17.9 Å². The lowest BCUT2D eigenvalue weighted by Gasteiger charge is -2.11. The lowest BCUT2D eigenvalue weighted by molar-refractivity contribution is 1.18. The summed E-state index contributed by atoms with van der Waals surface area (Å²) < 4.78 is 67.5. The maximum absolute atomic E-state index is 9.79.